The molecular weight excluding hydrogens is 515 g/mol. The third-order valence-corrected chi connectivity index (χ3v) is 7.27. The van der Waals surface area contributed by atoms with Crippen LogP contribution in [0.2, 0.25) is 0 Å². The van der Waals surface area contributed by atoms with Gasteiger partial charge in [0.05, 0.1) is 24.5 Å². The number of unbranched alkanes of at least 4 members (excludes halogenated alkanes) is 8. The summed E-state index contributed by atoms with van der Waals surface area (Å²) in [6, 6.07) is 12.7. The van der Waals surface area contributed by atoms with Crippen LogP contribution in [0.15, 0.2) is 78.1 Å². The Bertz CT molecular complexity index is 1160. The first-order valence-corrected chi connectivity index (χ1v) is 15.5. The van der Waals surface area contributed by atoms with Gasteiger partial charge < -0.3 is 14.2 Å². The molecule has 1 aliphatic carbocycles. The zero-order chi connectivity index (χ0) is 29.3. The number of allylic oxidation sites excluding steroid dienone is 3. The van der Waals surface area contributed by atoms with Crippen LogP contribution < -0.4 is 9.47 Å². The maximum absolute atomic E-state index is 14.8. The highest BCUT2D eigenvalue weighted by molar-refractivity contribution is 5.92. The van der Waals surface area contributed by atoms with Crippen LogP contribution in [0.1, 0.15) is 97.8 Å². The molecule has 0 saturated heterocycles. The van der Waals surface area contributed by atoms with Gasteiger partial charge in [0.25, 0.3) is 0 Å². The van der Waals surface area contributed by atoms with Crippen LogP contribution in [0.3, 0.4) is 0 Å². The van der Waals surface area contributed by atoms with Crippen LogP contribution in [0.25, 0.3) is 11.1 Å². The molecule has 0 spiro atoms. The summed E-state index contributed by atoms with van der Waals surface area (Å²) in [6.07, 6.45) is 20.2. The van der Waals surface area contributed by atoms with Crippen molar-refractivity contribution in [3.05, 3.63) is 83.9 Å². The van der Waals surface area contributed by atoms with Crippen molar-refractivity contribution in [2.24, 2.45) is 0 Å². The summed E-state index contributed by atoms with van der Waals surface area (Å²) in [5, 5.41) is 0. The monoisotopic (exact) mass is 562 g/mol. The molecule has 1 atom stereocenters. The van der Waals surface area contributed by atoms with Crippen LogP contribution in [-0.4, -0.2) is 18.7 Å². The average molecular weight is 563 g/mol. The Morgan fingerprint density at radius 1 is 0.878 bits per heavy atom. The molecule has 2 aromatic rings. The summed E-state index contributed by atoms with van der Waals surface area (Å²) in [6.45, 7) is 7.07. The van der Waals surface area contributed by atoms with Gasteiger partial charge in [-0.15, -0.1) is 0 Å². The van der Waals surface area contributed by atoms with E-state index in [0.717, 1.165) is 48.3 Å². The van der Waals surface area contributed by atoms with E-state index in [2.05, 4.69) is 13.8 Å². The van der Waals surface area contributed by atoms with Gasteiger partial charge in [0.1, 0.15) is 5.75 Å². The molecule has 0 aliphatic heterocycles. The first-order valence-electron chi connectivity index (χ1n) is 15.5. The molecule has 2 aromatic carbocycles. The SMILES string of the molecule is CCCCCCCCOc1ccc(-c2ccc(OC=C3C=CC(C(=O)OC(C)CCCCCC)=CC3)c(F)c2)cc1. The fraction of sp³-hybridized carbons (Fsp3) is 0.472. The Balaban J connectivity index is 1.44. The minimum absolute atomic E-state index is 0.0962. The first-order chi connectivity index (χ1) is 20.0. The molecule has 3 rings (SSSR count). The number of halogens is 1. The smallest absolute Gasteiger partial charge is 0.338 e. The average Bonchev–Trinajstić information content (AvgIpc) is 2.99. The highest BCUT2D eigenvalue weighted by Crippen LogP contribution is 2.28. The van der Waals surface area contributed by atoms with Crippen molar-refractivity contribution in [3.8, 4) is 22.6 Å². The molecule has 1 unspecified atom stereocenters. The maximum atomic E-state index is 14.8. The Labute approximate surface area is 246 Å². The summed E-state index contributed by atoms with van der Waals surface area (Å²) >= 11 is 0. The second-order valence-electron chi connectivity index (χ2n) is 10.9. The number of rotatable bonds is 18. The summed E-state index contributed by atoms with van der Waals surface area (Å²) < 4.78 is 31.9. The predicted octanol–water partition coefficient (Wildman–Crippen LogP) is 10.3. The van der Waals surface area contributed by atoms with Crippen molar-refractivity contribution in [3.63, 3.8) is 0 Å². The van der Waals surface area contributed by atoms with Crippen molar-refractivity contribution in [1.29, 1.82) is 0 Å². The van der Waals surface area contributed by atoms with Gasteiger partial charge in [-0.05, 0) is 79.6 Å². The minimum atomic E-state index is -0.435. The second kappa shape index (κ2) is 18.2. The van der Waals surface area contributed by atoms with Crippen molar-refractivity contribution >= 4 is 5.97 Å². The van der Waals surface area contributed by atoms with Crippen molar-refractivity contribution in [1.82, 2.24) is 0 Å². The molecule has 41 heavy (non-hydrogen) atoms. The maximum Gasteiger partial charge on any atom is 0.338 e. The number of carbonyl (C=O) groups is 1. The molecule has 222 valence electrons. The molecule has 0 saturated carbocycles. The van der Waals surface area contributed by atoms with Gasteiger partial charge in [-0.25, -0.2) is 9.18 Å². The largest absolute Gasteiger partial charge is 0.494 e. The van der Waals surface area contributed by atoms with E-state index in [4.69, 9.17) is 14.2 Å². The highest BCUT2D eigenvalue weighted by atomic mass is 19.1. The van der Waals surface area contributed by atoms with Crippen LogP contribution in [0, 0.1) is 5.82 Å². The fourth-order valence-corrected chi connectivity index (χ4v) is 4.70. The molecule has 0 fully saturated rings. The summed E-state index contributed by atoms with van der Waals surface area (Å²) in [5.41, 5.74) is 3.06. The number of esters is 1. The topological polar surface area (TPSA) is 44.8 Å². The second-order valence-corrected chi connectivity index (χ2v) is 10.9. The van der Waals surface area contributed by atoms with Crippen molar-refractivity contribution < 1.29 is 23.4 Å². The molecule has 0 aromatic heterocycles. The molecule has 0 bridgehead atoms. The van der Waals surface area contributed by atoms with E-state index in [1.54, 1.807) is 12.1 Å². The molecule has 1 aliphatic rings. The van der Waals surface area contributed by atoms with E-state index < -0.39 is 5.82 Å². The van der Waals surface area contributed by atoms with Gasteiger partial charge in [0, 0.05) is 0 Å². The van der Waals surface area contributed by atoms with E-state index in [9.17, 15) is 9.18 Å². The lowest BCUT2D eigenvalue weighted by Gasteiger charge is -2.15. The van der Waals surface area contributed by atoms with E-state index >= 15 is 0 Å². The summed E-state index contributed by atoms with van der Waals surface area (Å²) in [4.78, 5) is 12.4. The molecule has 4 nitrogen and oxygen atoms in total. The van der Waals surface area contributed by atoms with E-state index in [1.165, 1.54) is 63.7 Å². The quantitative estimate of drug-likeness (QED) is 0.103. The van der Waals surface area contributed by atoms with Gasteiger partial charge in [0.15, 0.2) is 11.6 Å². The number of hydrogen-bond donors (Lipinski definition) is 0. The van der Waals surface area contributed by atoms with Crippen LogP contribution >= 0.6 is 0 Å². The first kappa shape index (κ1) is 32.2. The van der Waals surface area contributed by atoms with Crippen molar-refractivity contribution in [2.45, 2.75) is 104 Å². The van der Waals surface area contributed by atoms with E-state index in [-0.39, 0.29) is 17.8 Å². The lowest BCUT2D eigenvalue weighted by molar-refractivity contribution is -0.143. The third kappa shape index (κ3) is 11.6. The van der Waals surface area contributed by atoms with Gasteiger partial charge in [-0.2, -0.15) is 0 Å². The highest BCUT2D eigenvalue weighted by Gasteiger charge is 2.15. The number of hydrogen-bond acceptors (Lipinski definition) is 4. The Kier molecular flexibility index (Phi) is 14.3. The molecule has 0 radical (unpaired) electrons. The van der Waals surface area contributed by atoms with Crippen LogP contribution in [0.4, 0.5) is 4.39 Å². The van der Waals surface area contributed by atoms with Crippen LogP contribution in [-0.2, 0) is 9.53 Å². The molecule has 0 N–H and O–H groups in total. The van der Waals surface area contributed by atoms with Crippen LogP contribution in [0.5, 0.6) is 11.5 Å². The summed E-state index contributed by atoms with van der Waals surface area (Å²) in [5.74, 6) is 0.246. The zero-order valence-corrected chi connectivity index (χ0v) is 25.1. The lowest BCUT2D eigenvalue weighted by atomic mass is 10.0. The third-order valence-electron chi connectivity index (χ3n) is 7.27. The van der Waals surface area contributed by atoms with Gasteiger partial charge in [-0.3, -0.25) is 0 Å². The number of carbonyl (C=O) groups excluding carboxylic acids is 1. The minimum Gasteiger partial charge on any atom is -0.494 e. The Hall–Kier alpha value is -3.34. The van der Waals surface area contributed by atoms with E-state index in [0.29, 0.717) is 12.0 Å². The number of ether oxygens (including phenoxy) is 3. The summed E-state index contributed by atoms with van der Waals surface area (Å²) in [7, 11) is 0. The normalized spacial score (nSPS) is 14.5. The van der Waals surface area contributed by atoms with Crippen molar-refractivity contribution in [2.75, 3.05) is 6.61 Å². The number of benzene rings is 2. The van der Waals surface area contributed by atoms with Gasteiger partial charge in [-0.1, -0.05) is 95.6 Å². The lowest BCUT2D eigenvalue weighted by Crippen LogP contribution is -2.16. The predicted molar refractivity (Wildman–Crippen MR) is 166 cm³/mol. The fourth-order valence-electron chi connectivity index (χ4n) is 4.70. The molecular formula is C36H47FO4. The standard InChI is InChI=1S/C36H47FO4/c1-4-6-8-10-11-13-25-39-33-22-19-30(20-23-33)32-21-24-35(34(37)26-32)40-27-29-15-17-31(18-16-29)36(38)41-28(3)14-12-9-7-5-2/h15,17-24,26-28H,4-14,16,25H2,1-3H3. The zero-order valence-electron chi connectivity index (χ0n) is 25.1. The van der Waals surface area contributed by atoms with Gasteiger partial charge >= 0.3 is 5.97 Å². The Morgan fingerprint density at radius 2 is 1.56 bits per heavy atom. The molecule has 0 amide bonds. The van der Waals surface area contributed by atoms with Gasteiger partial charge in [0.2, 0.25) is 0 Å². The van der Waals surface area contributed by atoms with E-state index in [1.807, 2.05) is 49.4 Å². The molecule has 5 heteroatoms. The molecule has 0 heterocycles. The Morgan fingerprint density at radius 3 is 2.24 bits per heavy atom.